The van der Waals surface area contributed by atoms with Crippen LogP contribution in [-0.4, -0.2) is 31.2 Å². The molecule has 100 valence electrons. The molecule has 0 spiro atoms. The molecule has 4 heteroatoms. The largest absolute Gasteiger partial charge is 0.493 e. The second kappa shape index (κ2) is 6.73. The van der Waals surface area contributed by atoms with Gasteiger partial charge in [0.05, 0.1) is 25.9 Å². The van der Waals surface area contributed by atoms with E-state index in [1.165, 1.54) is 0 Å². The minimum absolute atomic E-state index is 0.119. The van der Waals surface area contributed by atoms with Gasteiger partial charge in [-0.05, 0) is 24.1 Å². The first-order valence-electron chi connectivity index (χ1n) is 6.43. The fraction of sp³-hybridized carbons (Fsp3) is 0.571. The van der Waals surface area contributed by atoms with E-state index in [0.29, 0.717) is 19.8 Å². The zero-order chi connectivity index (χ0) is 12.8. The third kappa shape index (κ3) is 3.70. The van der Waals surface area contributed by atoms with Gasteiger partial charge in [0.15, 0.2) is 6.29 Å². The quantitative estimate of drug-likeness (QED) is 0.843. The Morgan fingerprint density at radius 3 is 2.56 bits per heavy atom. The molecule has 0 saturated carbocycles. The van der Waals surface area contributed by atoms with Crippen LogP contribution in [0, 0.1) is 0 Å². The highest BCUT2D eigenvalue weighted by Gasteiger charge is 2.15. The van der Waals surface area contributed by atoms with Crippen molar-refractivity contribution in [2.75, 3.05) is 19.8 Å². The topological polar surface area (TPSA) is 47.9 Å². The molecule has 1 atom stereocenters. The van der Waals surface area contributed by atoms with Crippen molar-refractivity contribution in [3.63, 3.8) is 0 Å². The maximum Gasteiger partial charge on any atom is 0.161 e. The van der Waals surface area contributed by atoms with Gasteiger partial charge in [-0.3, -0.25) is 0 Å². The molecule has 0 bridgehead atoms. The summed E-state index contributed by atoms with van der Waals surface area (Å²) in [5.41, 5.74) is 0.923. The maximum absolute atomic E-state index is 9.67. The second-order valence-electron chi connectivity index (χ2n) is 4.30. The van der Waals surface area contributed by atoms with E-state index in [0.717, 1.165) is 24.2 Å². The minimum atomic E-state index is -0.390. The number of aliphatic hydroxyl groups excluding tert-OH is 1. The summed E-state index contributed by atoms with van der Waals surface area (Å²) >= 11 is 0. The van der Waals surface area contributed by atoms with Gasteiger partial charge in [0.1, 0.15) is 5.75 Å². The zero-order valence-electron chi connectivity index (χ0n) is 10.7. The van der Waals surface area contributed by atoms with Gasteiger partial charge in [0.25, 0.3) is 0 Å². The number of benzene rings is 1. The van der Waals surface area contributed by atoms with Crippen LogP contribution in [-0.2, 0) is 9.47 Å². The summed E-state index contributed by atoms with van der Waals surface area (Å²) in [4.78, 5) is 0. The first-order valence-corrected chi connectivity index (χ1v) is 6.43. The van der Waals surface area contributed by atoms with Crippen LogP contribution in [0.4, 0.5) is 0 Å². The molecule has 1 fully saturated rings. The molecule has 1 aromatic rings. The predicted molar refractivity (Wildman–Crippen MR) is 67.5 cm³/mol. The van der Waals surface area contributed by atoms with Gasteiger partial charge in [-0.15, -0.1) is 0 Å². The molecule has 1 heterocycles. The molecule has 1 aliphatic heterocycles. The number of hydrogen-bond donors (Lipinski definition) is 1. The standard InChI is InChI=1S/C14H20O4/c1-2-13(15)11-3-5-12(6-4-11)16-8-7-14-17-9-10-18-14/h3-6,13-15H,2,7-10H2,1H3/t13-/m0/s1. The van der Waals surface area contributed by atoms with E-state index in [2.05, 4.69) is 0 Å². The highest BCUT2D eigenvalue weighted by atomic mass is 16.7. The van der Waals surface area contributed by atoms with Crippen LogP contribution in [0.3, 0.4) is 0 Å². The molecule has 0 aromatic heterocycles. The molecule has 2 rings (SSSR count). The third-order valence-corrected chi connectivity index (χ3v) is 2.96. The Hall–Kier alpha value is -1.10. The average molecular weight is 252 g/mol. The summed E-state index contributed by atoms with van der Waals surface area (Å²) < 4.78 is 16.2. The third-order valence-electron chi connectivity index (χ3n) is 2.96. The smallest absolute Gasteiger partial charge is 0.161 e. The average Bonchev–Trinajstić information content (AvgIpc) is 2.92. The van der Waals surface area contributed by atoms with Crippen molar-refractivity contribution in [3.05, 3.63) is 29.8 Å². The van der Waals surface area contributed by atoms with Gasteiger partial charge in [-0.2, -0.15) is 0 Å². The molecule has 0 aliphatic carbocycles. The number of hydrogen-bond acceptors (Lipinski definition) is 4. The first-order chi connectivity index (χ1) is 8.79. The van der Waals surface area contributed by atoms with E-state index in [-0.39, 0.29) is 12.4 Å². The van der Waals surface area contributed by atoms with E-state index in [1.807, 2.05) is 31.2 Å². The maximum atomic E-state index is 9.67. The lowest BCUT2D eigenvalue weighted by atomic mass is 10.1. The van der Waals surface area contributed by atoms with Gasteiger partial charge in [0.2, 0.25) is 0 Å². The van der Waals surface area contributed by atoms with Crippen LogP contribution in [0.25, 0.3) is 0 Å². The molecule has 1 N–H and O–H groups in total. The van der Waals surface area contributed by atoms with Crippen molar-refractivity contribution in [1.82, 2.24) is 0 Å². The van der Waals surface area contributed by atoms with Crippen molar-refractivity contribution < 1.29 is 19.3 Å². The lowest BCUT2D eigenvalue weighted by molar-refractivity contribution is -0.0531. The first kappa shape index (κ1) is 13.3. The van der Waals surface area contributed by atoms with Gasteiger partial charge < -0.3 is 19.3 Å². The van der Waals surface area contributed by atoms with E-state index >= 15 is 0 Å². The van der Waals surface area contributed by atoms with Crippen LogP contribution in [0.5, 0.6) is 5.75 Å². The van der Waals surface area contributed by atoms with Crippen LogP contribution in [0.15, 0.2) is 24.3 Å². The van der Waals surface area contributed by atoms with Crippen molar-refractivity contribution in [3.8, 4) is 5.75 Å². The minimum Gasteiger partial charge on any atom is -0.493 e. The molecular weight excluding hydrogens is 232 g/mol. The van der Waals surface area contributed by atoms with Crippen molar-refractivity contribution in [2.45, 2.75) is 32.2 Å². The normalized spacial score (nSPS) is 17.9. The predicted octanol–water partition coefficient (Wildman–Crippen LogP) is 2.27. The molecule has 0 unspecified atom stereocenters. The monoisotopic (exact) mass is 252 g/mol. The van der Waals surface area contributed by atoms with Gasteiger partial charge >= 0.3 is 0 Å². The lowest BCUT2D eigenvalue weighted by Crippen LogP contribution is -2.12. The summed E-state index contributed by atoms with van der Waals surface area (Å²) in [6.07, 6.45) is 0.945. The number of aliphatic hydroxyl groups is 1. The Morgan fingerprint density at radius 1 is 1.28 bits per heavy atom. The molecule has 4 nitrogen and oxygen atoms in total. The Kier molecular flexibility index (Phi) is 4.99. The van der Waals surface area contributed by atoms with Gasteiger partial charge in [-0.25, -0.2) is 0 Å². The summed E-state index contributed by atoms with van der Waals surface area (Å²) in [7, 11) is 0. The molecular formula is C14H20O4. The van der Waals surface area contributed by atoms with Crippen LogP contribution >= 0.6 is 0 Å². The van der Waals surface area contributed by atoms with Crippen LogP contribution in [0.1, 0.15) is 31.4 Å². The highest BCUT2D eigenvalue weighted by molar-refractivity contribution is 5.28. The van der Waals surface area contributed by atoms with Gasteiger partial charge in [0, 0.05) is 6.42 Å². The molecule has 0 amide bonds. The van der Waals surface area contributed by atoms with Crippen LogP contribution < -0.4 is 4.74 Å². The molecule has 0 radical (unpaired) electrons. The Bertz CT molecular complexity index is 343. The second-order valence-corrected chi connectivity index (χ2v) is 4.30. The Labute approximate surface area is 107 Å². The molecule has 1 aromatic carbocycles. The van der Waals surface area contributed by atoms with E-state index in [9.17, 15) is 5.11 Å². The summed E-state index contributed by atoms with van der Waals surface area (Å²) in [6.45, 7) is 3.87. The van der Waals surface area contributed by atoms with Crippen molar-refractivity contribution in [1.29, 1.82) is 0 Å². The number of rotatable bonds is 6. The van der Waals surface area contributed by atoms with Crippen LogP contribution in [0.2, 0.25) is 0 Å². The Morgan fingerprint density at radius 2 is 1.94 bits per heavy atom. The van der Waals surface area contributed by atoms with E-state index in [4.69, 9.17) is 14.2 Å². The summed E-state index contributed by atoms with van der Waals surface area (Å²) in [6, 6.07) is 7.55. The van der Waals surface area contributed by atoms with E-state index < -0.39 is 0 Å². The summed E-state index contributed by atoms with van der Waals surface area (Å²) in [5, 5.41) is 9.67. The fourth-order valence-corrected chi connectivity index (χ4v) is 1.87. The lowest BCUT2D eigenvalue weighted by Gasteiger charge is -2.12. The molecule has 1 saturated heterocycles. The van der Waals surface area contributed by atoms with E-state index in [1.54, 1.807) is 0 Å². The highest BCUT2D eigenvalue weighted by Crippen LogP contribution is 2.20. The molecule has 1 aliphatic rings. The molecule has 18 heavy (non-hydrogen) atoms. The zero-order valence-corrected chi connectivity index (χ0v) is 10.7. The number of ether oxygens (including phenoxy) is 3. The van der Waals surface area contributed by atoms with Crippen molar-refractivity contribution in [2.24, 2.45) is 0 Å². The fourth-order valence-electron chi connectivity index (χ4n) is 1.87. The Balaban J connectivity index is 1.75. The van der Waals surface area contributed by atoms with Crippen molar-refractivity contribution >= 4 is 0 Å². The van der Waals surface area contributed by atoms with Gasteiger partial charge in [-0.1, -0.05) is 19.1 Å². The summed E-state index contributed by atoms with van der Waals surface area (Å²) in [5.74, 6) is 0.806. The SMILES string of the molecule is CC[C@H](O)c1ccc(OCCC2OCCO2)cc1.